The first-order valence-electron chi connectivity index (χ1n) is 10.2. The Balaban J connectivity index is 1.44. The molecule has 0 aliphatic rings. The SMILES string of the molecule is CCNC(=NCc1ccnc(Oc2ccc(F)cc2)c1)NCCCOCc1ccco1. The number of nitrogens with one attached hydrogen (secondary N) is 2. The number of halogens is 1. The fourth-order valence-corrected chi connectivity index (χ4v) is 2.69. The molecule has 0 aliphatic heterocycles. The van der Waals surface area contributed by atoms with Gasteiger partial charge < -0.3 is 24.5 Å². The lowest BCUT2D eigenvalue weighted by molar-refractivity contribution is 0.105. The zero-order valence-electron chi connectivity index (χ0n) is 17.5. The Morgan fingerprint density at radius 1 is 1.16 bits per heavy atom. The smallest absolute Gasteiger partial charge is 0.219 e. The molecular weight excluding hydrogens is 399 g/mol. The quantitative estimate of drug-likeness (QED) is 0.271. The first-order chi connectivity index (χ1) is 15.2. The Bertz CT molecular complexity index is 930. The van der Waals surface area contributed by atoms with Crippen LogP contribution in [0, 0.1) is 5.82 Å². The van der Waals surface area contributed by atoms with E-state index in [1.54, 1.807) is 24.6 Å². The van der Waals surface area contributed by atoms with Gasteiger partial charge in [-0.1, -0.05) is 0 Å². The molecule has 0 bridgehead atoms. The highest BCUT2D eigenvalue weighted by Gasteiger charge is 2.03. The van der Waals surface area contributed by atoms with Crippen LogP contribution in [-0.4, -0.2) is 30.6 Å². The van der Waals surface area contributed by atoms with Crippen molar-refractivity contribution in [2.45, 2.75) is 26.5 Å². The van der Waals surface area contributed by atoms with E-state index in [9.17, 15) is 4.39 Å². The molecule has 3 rings (SSSR count). The van der Waals surface area contributed by atoms with Gasteiger partial charge in [0, 0.05) is 32.0 Å². The van der Waals surface area contributed by atoms with Gasteiger partial charge in [-0.25, -0.2) is 14.4 Å². The average Bonchev–Trinajstić information content (AvgIpc) is 3.30. The van der Waals surface area contributed by atoms with Gasteiger partial charge in [0.05, 0.1) is 12.8 Å². The van der Waals surface area contributed by atoms with Crippen molar-refractivity contribution in [1.82, 2.24) is 15.6 Å². The molecule has 0 saturated carbocycles. The average molecular weight is 426 g/mol. The van der Waals surface area contributed by atoms with Crippen molar-refractivity contribution >= 4 is 5.96 Å². The summed E-state index contributed by atoms with van der Waals surface area (Å²) in [5.41, 5.74) is 0.950. The van der Waals surface area contributed by atoms with Gasteiger partial charge >= 0.3 is 0 Å². The molecule has 0 amide bonds. The number of hydrogen-bond acceptors (Lipinski definition) is 5. The van der Waals surface area contributed by atoms with E-state index in [1.165, 1.54) is 12.1 Å². The minimum absolute atomic E-state index is 0.309. The van der Waals surface area contributed by atoms with Crippen LogP contribution < -0.4 is 15.4 Å². The normalized spacial score (nSPS) is 11.4. The van der Waals surface area contributed by atoms with Crippen molar-refractivity contribution in [2.75, 3.05) is 19.7 Å². The molecule has 0 atom stereocenters. The summed E-state index contributed by atoms with van der Waals surface area (Å²) in [6.07, 6.45) is 4.15. The molecule has 31 heavy (non-hydrogen) atoms. The number of aliphatic imine (C=N–C) groups is 1. The lowest BCUT2D eigenvalue weighted by Crippen LogP contribution is -2.38. The lowest BCUT2D eigenvalue weighted by atomic mass is 10.2. The molecular formula is C23H27FN4O3. The summed E-state index contributed by atoms with van der Waals surface area (Å²) in [7, 11) is 0. The number of furan rings is 1. The second-order valence-corrected chi connectivity index (χ2v) is 6.67. The summed E-state index contributed by atoms with van der Waals surface area (Å²) < 4.78 is 29.5. The Morgan fingerprint density at radius 3 is 2.81 bits per heavy atom. The number of hydrogen-bond donors (Lipinski definition) is 2. The third kappa shape index (κ3) is 8.10. The Morgan fingerprint density at radius 2 is 2.03 bits per heavy atom. The predicted molar refractivity (Wildman–Crippen MR) is 117 cm³/mol. The van der Waals surface area contributed by atoms with Crippen LogP contribution in [0.1, 0.15) is 24.7 Å². The molecule has 0 fully saturated rings. The number of benzene rings is 1. The van der Waals surface area contributed by atoms with Crippen LogP contribution in [0.2, 0.25) is 0 Å². The third-order valence-corrected chi connectivity index (χ3v) is 4.18. The van der Waals surface area contributed by atoms with Gasteiger partial charge in [-0.2, -0.15) is 0 Å². The molecule has 8 heteroatoms. The zero-order chi connectivity index (χ0) is 21.7. The summed E-state index contributed by atoms with van der Waals surface area (Å²) in [5, 5.41) is 6.52. The van der Waals surface area contributed by atoms with Crippen LogP contribution in [0.4, 0.5) is 4.39 Å². The number of ether oxygens (including phenoxy) is 2. The highest BCUT2D eigenvalue weighted by atomic mass is 19.1. The van der Waals surface area contributed by atoms with Gasteiger partial charge in [-0.3, -0.25) is 0 Å². The minimum atomic E-state index is -0.309. The molecule has 0 spiro atoms. The number of nitrogens with zero attached hydrogens (tertiary/aromatic N) is 2. The molecule has 0 saturated heterocycles. The van der Waals surface area contributed by atoms with Gasteiger partial charge in [0.1, 0.15) is 23.9 Å². The van der Waals surface area contributed by atoms with Crippen LogP contribution in [0.15, 0.2) is 70.4 Å². The number of pyridine rings is 1. The van der Waals surface area contributed by atoms with E-state index in [2.05, 4.69) is 20.6 Å². The molecule has 2 N–H and O–H groups in total. The molecule has 0 unspecified atom stereocenters. The van der Waals surface area contributed by atoms with E-state index in [0.717, 1.165) is 36.8 Å². The van der Waals surface area contributed by atoms with Gasteiger partial charge in [0.25, 0.3) is 0 Å². The van der Waals surface area contributed by atoms with Gasteiger partial charge in [0.15, 0.2) is 5.96 Å². The van der Waals surface area contributed by atoms with Crippen LogP contribution in [0.3, 0.4) is 0 Å². The fraction of sp³-hybridized carbons (Fsp3) is 0.304. The first-order valence-corrected chi connectivity index (χ1v) is 10.2. The largest absolute Gasteiger partial charge is 0.467 e. The van der Waals surface area contributed by atoms with Gasteiger partial charge in [-0.15, -0.1) is 0 Å². The molecule has 0 aliphatic carbocycles. The van der Waals surface area contributed by atoms with E-state index >= 15 is 0 Å². The van der Waals surface area contributed by atoms with Gasteiger partial charge in [0.2, 0.25) is 5.88 Å². The molecule has 2 heterocycles. The van der Waals surface area contributed by atoms with Crippen molar-refractivity contribution in [1.29, 1.82) is 0 Å². The fourth-order valence-electron chi connectivity index (χ4n) is 2.69. The number of guanidine groups is 1. The molecule has 7 nitrogen and oxygen atoms in total. The maximum absolute atomic E-state index is 13.0. The van der Waals surface area contributed by atoms with Crippen molar-refractivity contribution in [3.8, 4) is 11.6 Å². The summed E-state index contributed by atoms with van der Waals surface area (Å²) in [5.74, 6) is 2.20. The minimum Gasteiger partial charge on any atom is -0.467 e. The third-order valence-electron chi connectivity index (χ3n) is 4.18. The second kappa shape index (κ2) is 12.3. The van der Waals surface area contributed by atoms with E-state index < -0.39 is 0 Å². The Hall–Kier alpha value is -3.39. The van der Waals surface area contributed by atoms with E-state index in [4.69, 9.17) is 13.9 Å². The maximum Gasteiger partial charge on any atom is 0.219 e. The Labute approximate surface area is 181 Å². The molecule has 2 aromatic heterocycles. The summed E-state index contributed by atoms with van der Waals surface area (Å²) >= 11 is 0. The number of aromatic nitrogens is 1. The van der Waals surface area contributed by atoms with Crippen molar-refractivity contribution in [2.24, 2.45) is 4.99 Å². The standard InChI is InChI=1S/C23H27FN4O3/c1-2-25-23(27-11-4-13-29-17-21-5-3-14-30-21)28-16-18-10-12-26-22(15-18)31-20-8-6-19(24)7-9-20/h3,5-10,12,14-15H,2,4,11,13,16-17H2,1H3,(H2,25,27,28). The van der Waals surface area contributed by atoms with Crippen molar-refractivity contribution in [3.05, 3.63) is 78.1 Å². The van der Waals surface area contributed by atoms with Crippen molar-refractivity contribution in [3.63, 3.8) is 0 Å². The Kier molecular flexibility index (Phi) is 8.88. The van der Waals surface area contributed by atoms with Crippen LogP contribution in [0.25, 0.3) is 0 Å². The first kappa shape index (κ1) is 22.3. The highest BCUT2D eigenvalue weighted by molar-refractivity contribution is 5.79. The second-order valence-electron chi connectivity index (χ2n) is 6.67. The van der Waals surface area contributed by atoms with Crippen LogP contribution >= 0.6 is 0 Å². The summed E-state index contributed by atoms with van der Waals surface area (Å²) in [6, 6.07) is 13.3. The van der Waals surface area contributed by atoms with Crippen molar-refractivity contribution < 1.29 is 18.3 Å². The topological polar surface area (TPSA) is 80.9 Å². The molecule has 164 valence electrons. The predicted octanol–water partition coefficient (Wildman–Crippen LogP) is 4.27. The van der Waals surface area contributed by atoms with E-state index in [1.807, 2.05) is 31.2 Å². The summed E-state index contributed by atoms with van der Waals surface area (Å²) in [6.45, 7) is 5.08. The monoisotopic (exact) mass is 426 g/mol. The van der Waals surface area contributed by atoms with Gasteiger partial charge in [-0.05, 0) is 61.4 Å². The molecule has 3 aromatic rings. The molecule has 0 radical (unpaired) electrons. The number of rotatable bonds is 11. The summed E-state index contributed by atoms with van der Waals surface area (Å²) in [4.78, 5) is 8.81. The molecule has 1 aromatic carbocycles. The maximum atomic E-state index is 13.0. The van der Waals surface area contributed by atoms with E-state index in [-0.39, 0.29) is 5.82 Å². The van der Waals surface area contributed by atoms with E-state index in [0.29, 0.717) is 31.4 Å². The van der Waals surface area contributed by atoms with Crippen LogP contribution in [0.5, 0.6) is 11.6 Å². The highest BCUT2D eigenvalue weighted by Crippen LogP contribution is 2.20. The zero-order valence-corrected chi connectivity index (χ0v) is 17.5. The van der Waals surface area contributed by atoms with Crippen LogP contribution in [-0.2, 0) is 17.9 Å². The lowest BCUT2D eigenvalue weighted by Gasteiger charge is -2.11.